The number of pyridine rings is 1. The van der Waals surface area contributed by atoms with Gasteiger partial charge < -0.3 is 9.47 Å². The maximum Gasteiger partial charge on any atom is 0.257 e. The summed E-state index contributed by atoms with van der Waals surface area (Å²) in [6.07, 6.45) is 0. The molecular weight excluding hydrogens is 166 g/mol. The van der Waals surface area contributed by atoms with E-state index in [0.717, 1.165) is 11.3 Å². The van der Waals surface area contributed by atoms with Crippen molar-refractivity contribution >= 4 is 5.57 Å². The largest absolute Gasteiger partial charge is 0.491 e. The second-order valence-electron chi connectivity index (χ2n) is 2.69. The molecular formula is C10H13NO2. The summed E-state index contributed by atoms with van der Waals surface area (Å²) in [6, 6.07) is 3.67. The quantitative estimate of drug-likeness (QED) is 0.712. The SMILES string of the molecule is C=C(C)c1ccc(OC)c(OC)n1. The molecule has 0 fully saturated rings. The van der Waals surface area contributed by atoms with Gasteiger partial charge in [-0.25, -0.2) is 4.98 Å². The van der Waals surface area contributed by atoms with E-state index in [0.29, 0.717) is 11.6 Å². The number of aromatic nitrogens is 1. The number of nitrogens with zero attached hydrogens (tertiary/aromatic N) is 1. The van der Waals surface area contributed by atoms with E-state index in [2.05, 4.69) is 11.6 Å². The molecule has 3 nitrogen and oxygen atoms in total. The predicted molar refractivity (Wildman–Crippen MR) is 52.0 cm³/mol. The smallest absolute Gasteiger partial charge is 0.257 e. The summed E-state index contributed by atoms with van der Waals surface area (Å²) in [7, 11) is 3.15. The average molecular weight is 179 g/mol. The molecule has 0 aliphatic carbocycles. The first-order chi connectivity index (χ1) is 6.19. The van der Waals surface area contributed by atoms with E-state index in [9.17, 15) is 0 Å². The zero-order valence-corrected chi connectivity index (χ0v) is 8.13. The zero-order chi connectivity index (χ0) is 9.84. The Kier molecular flexibility index (Phi) is 2.90. The van der Waals surface area contributed by atoms with E-state index in [1.54, 1.807) is 14.2 Å². The molecule has 0 amide bonds. The lowest BCUT2D eigenvalue weighted by molar-refractivity contribution is 0.342. The van der Waals surface area contributed by atoms with Crippen LogP contribution in [0.4, 0.5) is 0 Å². The van der Waals surface area contributed by atoms with Crippen LogP contribution in [0.3, 0.4) is 0 Å². The van der Waals surface area contributed by atoms with E-state index in [4.69, 9.17) is 9.47 Å². The van der Waals surface area contributed by atoms with Gasteiger partial charge in [-0.1, -0.05) is 6.58 Å². The zero-order valence-electron chi connectivity index (χ0n) is 8.13. The molecule has 0 aliphatic rings. The molecule has 1 rings (SSSR count). The molecule has 0 radical (unpaired) electrons. The predicted octanol–water partition coefficient (Wildman–Crippen LogP) is 2.13. The molecule has 13 heavy (non-hydrogen) atoms. The molecule has 0 saturated heterocycles. The van der Waals surface area contributed by atoms with Crippen molar-refractivity contribution in [3.8, 4) is 11.6 Å². The van der Waals surface area contributed by atoms with Crippen molar-refractivity contribution in [3.63, 3.8) is 0 Å². The summed E-state index contributed by atoms with van der Waals surface area (Å²) < 4.78 is 10.1. The lowest BCUT2D eigenvalue weighted by Crippen LogP contribution is -1.95. The fourth-order valence-electron chi connectivity index (χ4n) is 0.967. The van der Waals surface area contributed by atoms with E-state index in [-0.39, 0.29) is 0 Å². The Morgan fingerprint density at radius 2 is 2.00 bits per heavy atom. The minimum Gasteiger partial charge on any atom is -0.491 e. The second-order valence-corrected chi connectivity index (χ2v) is 2.69. The lowest BCUT2D eigenvalue weighted by Gasteiger charge is -2.07. The Labute approximate surface area is 78.0 Å². The van der Waals surface area contributed by atoms with Gasteiger partial charge in [0.15, 0.2) is 5.75 Å². The van der Waals surface area contributed by atoms with Gasteiger partial charge in [0.2, 0.25) is 0 Å². The molecule has 1 aromatic heterocycles. The van der Waals surface area contributed by atoms with Crippen LogP contribution in [0.2, 0.25) is 0 Å². The third kappa shape index (κ3) is 1.99. The van der Waals surface area contributed by atoms with Crippen molar-refractivity contribution < 1.29 is 9.47 Å². The minimum absolute atomic E-state index is 0.489. The molecule has 0 aliphatic heterocycles. The van der Waals surface area contributed by atoms with Gasteiger partial charge in [0, 0.05) is 0 Å². The Morgan fingerprint density at radius 3 is 2.46 bits per heavy atom. The van der Waals surface area contributed by atoms with E-state index >= 15 is 0 Å². The van der Waals surface area contributed by atoms with Crippen LogP contribution in [0, 0.1) is 0 Å². The molecule has 0 bridgehead atoms. The molecule has 0 unspecified atom stereocenters. The van der Waals surface area contributed by atoms with Crippen LogP contribution in [0.5, 0.6) is 11.6 Å². The fourth-order valence-corrected chi connectivity index (χ4v) is 0.967. The van der Waals surface area contributed by atoms with Gasteiger partial charge in [0.05, 0.1) is 19.9 Å². The van der Waals surface area contributed by atoms with Crippen molar-refractivity contribution in [1.29, 1.82) is 0 Å². The number of hydrogen-bond donors (Lipinski definition) is 0. The first-order valence-corrected chi connectivity index (χ1v) is 3.94. The minimum atomic E-state index is 0.489. The Hall–Kier alpha value is -1.51. The van der Waals surface area contributed by atoms with Gasteiger partial charge in [0.1, 0.15) is 0 Å². The monoisotopic (exact) mass is 179 g/mol. The van der Waals surface area contributed by atoms with Gasteiger partial charge >= 0.3 is 0 Å². The summed E-state index contributed by atoms with van der Waals surface area (Å²) in [4.78, 5) is 4.21. The van der Waals surface area contributed by atoms with Gasteiger partial charge in [0.25, 0.3) is 5.88 Å². The first-order valence-electron chi connectivity index (χ1n) is 3.94. The number of rotatable bonds is 3. The van der Waals surface area contributed by atoms with Crippen LogP contribution in [0.1, 0.15) is 12.6 Å². The molecule has 0 atom stereocenters. The number of ether oxygens (including phenoxy) is 2. The normalized spacial score (nSPS) is 9.46. The van der Waals surface area contributed by atoms with Crippen molar-refractivity contribution in [3.05, 3.63) is 24.4 Å². The van der Waals surface area contributed by atoms with E-state index in [1.165, 1.54) is 0 Å². The highest BCUT2D eigenvalue weighted by molar-refractivity contribution is 5.59. The third-order valence-electron chi connectivity index (χ3n) is 1.68. The molecule has 0 N–H and O–H groups in total. The molecule has 0 saturated carbocycles. The summed E-state index contributed by atoms with van der Waals surface area (Å²) in [5, 5.41) is 0. The maximum absolute atomic E-state index is 5.05. The van der Waals surface area contributed by atoms with Crippen LogP contribution in [0.15, 0.2) is 18.7 Å². The number of hydrogen-bond acceptors (Lipinski definition) is 3. The Morgan fingerprint density at radius 1 is 1.31 bits per heavy atom. The number of allylic oxidation sites excluding steroid dienone is 1. The van der Waals surface area contributed by atoms with Gasteiger partial charge in [-0.05, 0) is 24.6 Å². The van der Waals surface area contributed by atoms with Crippen LogP contribution in [-0.4, -0.2) is 19.2 Å². The van der Waals surface area contributed by atoms with Crippen LogP contribution in [-0.2, 0) is 0 Å². The topological polar surface area (TPSA) is 31.4 Å². The van der Waals surface area contributed by atoms with Gasteiger partial charge in [-0.15, -0.1) is 0 Å². The molecule has 1 heterocycles. The summed E-state index contributed by atoms with van der Waals surface area (Å²) >= 11 is 0. The van der Waals surface area contributed by atoms with Crippen LogP contribution >= 0.6 is 0 Å². The van der Waals surface area contributed by atoms with Gasteiger partial charge in [-0.2, -0.15) is 0 Å². The summed E-state index contributed by atoms with van der Waals surface area (Å²) in [5.74, 6) is 1.12. The highest BCUT2D eigenvalue weighted by atomic mass is 16.5. The molecule has 0 spiro atoms. The molecule has 0 aromatic carbocycles. The Bertz CT molecular complexity index is 321. The van der Waals surface area contributed by atoms with Crippen molar-refractivity contribution in [2.75, 3.05) is 14.2 Å². The summed E-state index contributed by atoms with van der Waals surface area (Å²) in [5.41, 5.74) is 1.72. The van der Waals surface area contributed by atoms with Crippen molar-refractivity contribution in [1.82, 2.24) is 4.98 Å². The lowest BCUT2D eigenvalue weighted by atomic mass is 10.2. The van der Waals surface area contributed by atoms with Crippen molar-refractivity contribution in [2.24, 2.45) is 0 Å². The fraction of sp³-hybridized carbons (Fsp3) is 0.300. The standard InChI is InChI=1S/C10H13NO2/c1-7(2)8-5-6-9(12-3)10(11-8)13-4/h5-6H,1H2,2-4H3. The molecule has 3 heteroatoms. The van der Waals surface area contributed by atoms with E-state index in [1.807, 2.05) is 19.1 Å². The second kappa shape index (κ2) is 3.94. The highest BCUT2D eigenvalue weighted by Crippen LogP contribution is 2.25. The Balaban J connectivity index is 3.13. The average Bonchev–Trinajstić information content (AvgIpc) is 2.16. The number of methoxy groups -OCH3 is 2. The summed E-state index contributed by atoms with van der Waals surface area (Å²) in [6.45, 7) is 5.69. The van der Waals surface area contributed by atoms with Gasteiger partial charge in [-0.3, -0.25) is 0 Å². The third-order valence-corrected chi connectivity index (χ3v) is 1.68. The first kappa shape index (κ1) is 9.58. The molecule has 1 aromatic rings. The maximum atomic E-state index is 5.05. The van der Waals surface area contributed by atoms with E-state index < -0.39 is 0 Å². The highest BCUT2D eigenvalue weighted by Gasteiger charge is 2.05. The van der Waals surface area contributed by atoms with Crippen LogP contribution in [0.25, 0.3) is 5.57 Å². The van der Waals surface area contributed by atoms with Crippen LogP contribution < -0.4 is 9.47 Å². The van der Waals surface area contributed by atoms with Crippen molar-refractivity contribution in [2.45, 2.75) is 6.92 Å². The molecule has 70 valence electrons.